The number of carbonyl (C=O) groups excluding carboxylic acids is 2. The lowest BCUT2D eigenvalue weighted by Gasteiger charge is -2.42. The van der Waals surface area contributed by atoms with Gasteiger partial charge in [-0.15, -0.1) is 10.2 Å². The molecule has 204 valence electrons. The third-order valence-corrected chi connectivity index (χ3v) is 6.02. The Labute approximate surface area is 221 Å². The average molecular weight is 543 g/mol. The van der Waals surface area contributed by atoms with Gasteiger partial charge in [0.05, 0.1) is 12.2 Å². The molecule has 39 heavy (non-hydrogen) atoms. The minimum absolute atomic E-state index is 0.0198. The van der Waals surface area contributed by atoms with Crippen molar-refractivity contribution in [2.75, 3.05) is 11.4 Å². The summed E-state index contributed by atoms with van der Waals surface area (Å²) in [6.07, 6.45) is 0.272. The fourth-order valence-corrected chi connectivity index (χ4v) is 4.15. The van der Waals surface area contributed by atoms with Gasteiger partial charge < -0.3 is 18.5 Å². The van der Waals surface area contributed by atoms with Gasteiger partial charge in [0.15, 0.2) is 0 Å². The smallest absolute Gasteiger partial charge is 0.410 e. The molecule has 0 saturated carbocycles. The molecule has 1 atom stereocenters. The highest BCUT2D eigenvalue weighted by Crippen LogP contribution is 2.28. The molecule has 0 bridgehead atoms. The Balaban J connectivity index is 1.42. The molecule has 13 heteroatoms. The second-order valence-electron chi connectivity index (χ2n) is 10.0. The van der Waals surface area contributed by atoms with Crippen LogP contribution < -0.4 is 4.90 Å². The maximum atomic E-state index is 14.1. The maximum absolute atomic E-state index is 14.1. The van der Waals surface area contributed by atoms with Crippen LogP contribution in [0.3, 0.4) is 0 Å². The van der Waals surface area contributed by atoms with Crippen molar-refractivity contribution in [1.29, 1.82) is 0 Å². The first-order valence-electron chi connectivity index (χ1n) is 12.1. The van der Waals surface area contributed by atoms with E-state index in [9.17, 15) is 22.8 Å². The maximum Gasteiger partial charge on any atom is 0.410 e. The van der Waals surface area contributed by atoms with Crippen molar-refractivity contribution in [1.82, 2.24) is 24.5 Å². The Hall–Kier alpha value is -4.42. The molecule has 4 aromatic rings. The van der Waals surface area contributed by atoms with E-state index in [1.54, 1.807) is 55.8 Å². The van der Waals surface area contributed by atoms with Gasteiger partial charge in [-0.3, -0.25) is 9.69 Å². The molecule has 1 unspecified atom stereocenters. The first kappa shape index (κ1) is 26.2. The second-order valence-corrected chi connectivity index (χ2v) is 10.0. The molecule has 5 rings (SSSR count). The zero-order chi connectivity index (χ0) is 27.9. The van der Waals surface area contributed by atoms with Crippen LogP contribution in [-0.4, -0.2) is 54.7 Å². The van der Waals surface area contributed by atoms with Gasteiger partial charge in [0.2, 0.25) is 11.8 Å². The number of hydrogen-bond donors (Lipinski definition) is 0. The number of imidazole rings is 1. The second kappa shape index (κ2) is 10.0. The lowest BCUT2D eigenvalue weighted by atomic mass is 10.0. The van der Waals surface area contributed by atoms with E-state index in [2.05, 4.69) is 15.2 Å². The third-order valence-electron chi connectivity index (χ3n) is 6.02. The summed E-state index contributed by atoms with van der Waals surface area (Å²) in [7, 11) is 0. The number of alkyl halides is 2. The quantitative estimate of drug-likeness (QED) is 0.337. The van der Waals surface area contributed by atoms with Crippen molar-refractivity contribution >= 4 is 23.3 Å². The van der Waals surface area contributed by atoms with Crippen LogP contribution >= 0.6 is 0 Å². The van der Waals surface area contributed by atoms with E-state index in [1.165, 1.54) is 28.0 Å². The molecule has 4 heterocycles. The third kappa shape index (κ3) is 5.56. The fraction of sp³-hybridized carbons (Fsp3) is 0.346. The number of aromatic nitrogens is 4. The lowest BCUT2D eigenvalue weighted by molar-refractivity contribution is -0.128. The predicted octanol–water partition coefficient (Wildman–Crippen LogP) is 5.00. The fourth-order valence-electron chi connectivity index (χ4n) is 4.15. The first-order chi connectivity index (χ1) is 18.5. The Kier molecular flexibility index (Phi) is 6.74. The summed E-state index contributed by atoms with van der Waals surface area (Å²) in [5, 5.41) is 6.99. The lowest BCUT2D eigenvalue weighted by Crippen LogP contribution is -2.59. The number of fused-ring (bicyclic) bond motifs is 1. The number of amides is 2. The van der Waals surface area contributed by atoms with Crippen LogP contribution in [0.5, 0.6) is 0 Å². The van der Waals surface area contributed by atoms with Crippen LogP contribution in [-0.2, 0) is 16.1 Å². The van der Waals surface area contributed by atoms with Crippen molar-refractivity contribution in [2.24, 2.45) is 0 Å². The minimum atomic E-state index is -2.89. The van der Waals surface area contributed by atoms with Gasteiger partial charge in [-0.05, 0) is 57.5 Å². The number of nitrogens with zero attached hydrogens (tertiary/aromatic N) is 6. The average Bonchev–Trinajstić information content (AvgIpc) is 3.47. The zero-order valence-corrected chi connectivity index (χ0v) is 21.3. The van der Waals surface area contributed by atoms with Crippen LogP contribution in [0.2, 0.25) is 0 Å². The highest BCUT2D eigenvalue weighted by Gasteiger charge is 2.42. The van der Waals surface area contributed by atoms with Crippen LogP contribution in [0.1, 0.15) is 45.2 Å². The van der Waals surface area contributed by atoms with Crippen LogP contribution in [0, 0.1) is 5.82 Å². The van der Waals surface area contributed by atoms with Crippen molar-refractivity contribution in [3.8, 4) is 11.5 Å². The predicted molar refractivity (Wildman–Crippen MR) is 132 cm³/mol. The Morgan fingerprint density at radius 3 is 2.64 bits per heavy atom. The Morgan fingerprint density at radius 2 is 2.00 bits per heavy atom. The molecule has 0 spiro atoms. The molecule has 1 fully saturated rings. The number of benzene rings is 1. The summed E-state index contributed by atoms with van der Waals surface area (Å²) in [6.45, 7) is 5.57. The number of likely N-dealkylation sites (tertiary alicyclic amines) is 1. The van der Waals surface area contributed by atoms with Crippen molar-refractivity contribution in [2.45, 2.75) is 51.8 Å². The molecular formula is C26H25F3N6O4. The number of halogens is 3. The summed E-state index contributed by atoms with van der Waals surface area (Å²) in [5.41, 5.74) is 0.871. The van der Waals surface area contributed by atoms with E-state index in [0.717, 1.165) is 0 Å². The van der Waals surface area contributed by atoms with Gasteiger partial charge in [0.1, 0.15) is 23.1 Å². The van der Waals surface area contributed by atoms with Crippen LogP contribution in [0.4, 0.5) is 23.7 Å². The van der Waals surface area contributed by atoms with Gasteiger partial charge in [-0.25, -0.2) is 14.2 Å². The number of carbonyl (C=O) groups is 2. The zero-order valence-electron chi connectivity index (χ0n) is 21.3. The standard InChI is InChI=1S/C26H25F3N6O4/c1-26(2,3)39-25(37)34-10-8-19(34)24(36)35(18-6-4-5-16(27)12-18)14-17-13-33-9-7-15(11-20(33)30-17)22-31-32-23(38-22)21(28)29/h4-7,9,11-13,19,21H,8,10,14H2,1-3H3. The van der Waals surface area contributed by atoms with Gasteiger partial charge in [-0.2, -0.15) is 8.78 Å². The summed E-state index contributed by atoms with van der Waals surface area (Å²) in [6, 6.07) is 8.01. The Bertz CT molecular complexity index is 1530. The number of ether oxygens (including phenoxy) is 1. The molecule has 1 aliphatic heterocycles. The molecule has 10 nitrogen and oxygen atoms in total. The van der Waals surface area contributed by atoms with Crippen molar-refractivity contribution < 1.29 is 31.9 Å². The van der Waals surface area contributed by atoms with Crippen molar-refractivity contribution in [3.63, 3.8) is 0 Å². The van der Waals surface area contributed by atoms with Gasteiger partial charge in [0.25, 0.3) is 5.89 Å². The first-order valence-corrected chi connectivity index (χ1v) is 12.1. The normalized spacial score (nSPS) is 15.5. The number of rotatable bonds is 6. The minimum Gasteiger partial charge on any atom is -0.444 e. The van der Waals surface area contributed by atoms with Crippen molar-refractivity contribution in [3.05, 3.63) is 66.2 Å². The van der Waals surface area contributed by atoms with Gasteiger partial charge in [0, 0.05) is 30.2 Å². The van der Waals surface area contributed by atoms with Crippen LogP contribution in [0.25, 0.3) is 17.1 Å². The largest absolute Gasteiger partial charge is 0.444 e. The highest BCUT2D eigenvalue weighted by molar-refractivity contribution is 5.99. The monoisotopic (exact) mass is 542 g/mol. The molecule has 0 aliphatic carbocycles. The summed E-state index contributed by atoms with van der Waals surface area (Å²) < 4.78 is 51.9. The molecule has 0 radical (unpaired) electrons. The van der Waals surface area contributed by atoms with E-state index in [-0.39, 0.29) is 12.4 Å². The molecule has 3 aromatic heterocycles. The molecular weight excluding hydrogens is 517 g/mol. The molecule has 2 amide bonds. The van der Waals surface area contributed by atoms with Gasteiger partial charge in [-0.1, -0.05) is 6.07 Å². The van der Waals surface area contributed by atoms with E-state index in [1.807, 2.05) is 0 Å². The molecule has 1 saturated heterocycles. The summed E-state index contributed by atoms with van der Waals surface area (Å²) in [5.74, 6) is -1.79. The van der Waals surface area contributed by atoms with E-state index in [0.29, 0.717) is 35.6 Å². The molecule has 1 aromatic carbocycles. The van der Waals surface area contributed by atoms with E-state index >= 15 is 0 Å². The molecule has 1 aliphatic rings. The topological polar surface area (TPSA) is 106 Å². The number of hydrogen-bond acceptors (Lipinski definition) is 7. The van der Waals surface area contributed by atoms with E-state index in [4.69, 9.17) is 9.15 Å². The van der Waals surface area contributed by atoms with Crippen LogP contribution in [0.15, 0.2) is 53.2 Å². The summed E-state index contributed by atoms with van der Waals surface area (Å²) >= 11 is 0. The highest BCUT2D eigenvalue weighted by atomic mass is 19.3. The number of pyridine rings is 1. The Morgan fingerprint density at radius 1 is 1.21 bits per heavy atom. The molecule has 0 N–H and O–H groups in total. The SMILES string of the molecule is CC(C)(C)OC(=O)N1CCC1C(=O)N(Cc1cn2ccc(-c3nnc(C(F)F)o3)cc2n1)c1cccc(F)c1. The summed E-state index contributed by atoms with van der Waals surface area (Å²) in [4.78, 5) is 33.6. The van der Waals surface area contributed by atoms with E-state index < -0.39 is 41.8 Å². The number of anilines is 1. The van der Waals surface area contributed by atoms with Gasteiger partial charge >= 0.3 is 12.5 Å².